The number of nitrogens with zero attached hydrogens (tertiary/aromatic N) is 2. The van der Waals surface area contributed by atoms with Crippen molar-refractivity contribution < 1.29 is 52.5 Å². The number of likely N-dealkylation sites (tertiary alicyclic amines) is 1. The smallest absolute Gasteiger partial charge is 0.415 e. The first-order valence-electron chi connectivity index (χ1n) is 20.3. The van der Waals surface area contributed by atoms with Gasteiger partial charge >= 0.3 is 18.3 Å². The third-order valence-corrected chi connectivity index (χ3v) is 12.1. The maximum absolute atomic E-state index is 13.5. The Bertz CT molecular complexity index is 1720. The predicted octanol–water partition coefficient (Wildman–Crippen LogP) is 4.10. The first-order valence-corrected chi connectivity index (χ1v) is 20.3. The molecule has 5 aliphatic rings. The van der Waals surface area contributed by atoms with Gasteiger partial charge in [0, 0.05) is 57.4 Å². The Kier molecular flexibility index (Phi) is 11.4. The molecule has 2 heterocycles. The van der Waals surface area contributed by atoms with Gasteiger partial charge in [-0.3, -0.25) is 9.59 Å². The van der Waals surface area contributed by atoms with Gasteiger partial charge < -0.3 is 49.4 Å². The molecule has 1 saturated heterocycles. The number of ether oxygens (including phenoxy) is 4. The minimum Gasteiger partial charge on any atom is -0.477 e. The summed E-state index contributed by atoms with van der Waals surface area (Å²) in [6, 6.07) is 2.71. The van der Waals surface area contributed by atoms with Crippen molar-refractivity contribution in [2.75, 3.05) is 46.8 Å². The molecule has 1 aromatic carbocycles. The van der Waals surface area contributed by atoms with Gasteiger partial charge in [0.25, 0.3) is 0 Å². The molecule has 15 heteroatoms. The summed E-state index contributed by atoms with van der Waals surface area (Å²) in [4.78, 5) is 66.1. The maximum Gasteiger partial charge on any atom is 0.415 e. The fourth-order valence-corrected chi connectivity index (χ4v) is 9.44. The van der Waals surface area contributed by atoms with Crippen LogP contribution in [-0.4, -0.2) is 126 Å². The van der Waals surface area contributed by atoms with Gasteiger partial charge in [0.15, 0.2) is 23.4 Å². The Morgan fingerprint density at radius 2 is 1.70 bits per heavy atom. The summed E-state index contributed by atoms with van der Waals surface area (Å²) in [5, 5.41) is 20.8. The van der Waals surface area contributed by atoms with Crippen LogP contribution in [0.25, 0.3) is 0 Å². The van der Waals surface area contributed by atoms with Crippen molar-refractivity contribution in [1.29, 1.82) is 0 Å². The molecule has 310 valence electrons. The van der Waals surface area contributed by atoms with Crippen LogP contribution in [0.15, 0.2) is 12.1 Å². The number of piperidine rings is 1. The van der Waals surface area contributed by atoms with Gasteiger partial charge in [0.2, 0.25) is 5.91 Å². The molecule has 3 fully saturated rings. The van der Waals surface area contributed by atoms with Crippen LogP contribution < -0.4 is 25.4 Å². The zero-order chi connectivity index (χ0) is 40.8. The monoisotopic (exact) mass is 784 g/mol. The van der Waals surface area contributed by atoms with E-state index in [1.54, 1.807) is 54.7 Å². The molecule has 2 saturated carbocycles. The van der Waals surface area contributed by atoms with E-state index in [9.17, 15) is 29.1 Å². The molecule has 4 N–H and O–H groups in total. The van der Waals surface area contributed by atoms with E-state index < -0.39 is 58.6 Å². The maximum atomic E-state index is 13.5. The lowest BCUT2D eigenvalue weighted by molar-refractivity contribution is -0.950. The Hall–Kier alpha value is -4.11. The number of amides is 4. The molecule has 2 bridgehead atoms. The number of rotatable bonds is 13. The molecule has 6 atom stereocenters. The van der Waals surface area contributed by atoms with Crippen LogP contribution in [0.4, 0.5) is 14.4 Å². The SMILES string of the molecule is CN(CCNC(=O)C(CCCCNC(=O)OC(C)(C)C)NC(=O)OC(C)(C)C)C(=O)Oc1ccc2c3c1O[C@H]1C(=O)CC[C@@]4(O)[C@@H](C2)[N@@+](C)(CC2CC2)CC[C@]314. The topological polar surface area (TPSA) is 182 Å². The molecule has 1 aromatic rings. The fourth-order valence-electron chi connectivity index (χ4n) is 9.44. The standard InChI is InChI=1S/C41H61N5O10/c1-38(2,3)55-35(49)43-19-10-9-11-27(44-36(50)56-39(4,5)6)34(48)42-20-21-45(7)37(51)53-29-15-14-26-23-30-41(52)17-16-28(47)33-40(41,31(26)32(29)54-33)18-22-46(30,8)24-25-12-13-25/h14-15,25,27,30,33,52H,9-13,16-24H2,1-8H3,(H2-,42,43,44,48,49,50)/p+1/t27?,30-,33+,40+,41-,46-/m1/s1. The summed E-state index contributed by atoms with van der Waals surface area (Å²) in [5.41, 5.74) is -1.53. The van der Waals surface area contributed by atoms with Crippen LogP contribution in [-0.2, 0) is 30.9 Å². The molecule has 4 amide bonds. The highest BCUT2D eigenvalue weighted by Gasteiger charge is 2.76. The Balaban J connectivity index is 1.07. The number of carbonyl (C=O) groups excluding carboxylic acids is 5. The molecule has 0 radical (unpaired) electrons. The number of benzene rings is 1. The van der Waals surface area contributed by atoms with Crippen molar-refractivity contribution >= 4 is 30.0 Å². The number of aliphatic hydroxyl groups is 1. The normalized spacial score (nSPS) is 27.9. The number of alkyl carbamates (subject to hydrolysis) is 2. The number of nitrogens with one attached hydrogen (secondary N) is 3. The second-order valence-electron chi connectivity index (χ2n) is 18.8. The van der Waals surface area contributed by atoms with Crippen molar-refractivity contribution in [3.8, 4) is 11.5 Å². The van der Waals surface area contributed by atoms with Gasteiger partial charge in [-0.05, 0) is 91.7 Å². The highest BCUT2D eigenvalue weighted by atomic mass is 16.6. The van der Waals surface area contributed by atoms with Crippen LogP contribution >= 0.6 is 0 Å². The van der Waals surface area contributed by atoms with Gasteiger partial charge in [-0.2, -0.15) is 0 Å². The first-order chi connectivity index (χ1) is 26.2. The van der Waals surface area contributed by atoms with E-state index in [-0.39, 0.29) is 43.5 Å². The summed E-state index contributed by atoms with van der Waals surface area (Å²) >= 11 is 0. The number of hydrogen-bond donors (Lipinski definition) is 4. The molecular formula is C41H62N5O10+. The quantitative estimate of drug-likeness (QED) is 0.168. The third kappa shape index (κ3) is 8.44. The Morgan fingerprint density at radius 3 is 2.38 bits per heavy atom. The molecule has 1 spiro atoms. The number of unbranched alkanes of at least 4 members (excludes halogenated alkanes) is 1. The van der Waals surface area contributed by atoms with E-state index in [0.717, 1.165) is 28.7 Å². The minimum atomic E-state index is -1.11. The predicted molar refractivity (Wildman–Crippen MR) is 205 cm³/mol. The van der Waals surface area contributed by atoms with Crippen LogP contribution in [0.1, 0.15) is 104 Å². The summed E-state index contributed by atoms with van der Waals surface area (Å²) in [6.45, 7) is 12.9. The van der Waals surface area contributed by atoms with Crippen molar-refractivity contribution in [2.24, 2.45) is 5.92 Å². The van der Waals surface area contributed by atoms with Crippen molar-refractivity contribution in [3.63, 3.8) is 0 Å². The van der Waals surface area contributed by atoms with E-state index in [2.05, 4.69) is 23.0 Å². The zero-order valence-corrected chi connectivity index (χ0v) is 34.4. The summed E-state index contributed by atoms with van der Waals surface area (Å²) in [7, 11) is 3.81. The molecule has 2 aliphatic heterocycles. The summed E-state index contributed by atoms with van der Waals surface area (Å²) in [6.07, 6.45) is 2.92. The molecule has 6 rings (SSSR count). The van der Waals surface area contributed by atoms with E-state index in [0.29, 0.717) is 50.3 Å². The number of likely N-dealkylation sites (N-methyl/N-ethyl adjacent to an activating group) is 2. The van der Waals surface area contributed by atoms with Crippen molar-refractivity contribution in [3.05, 3.63) is 23.3 Å². The third-order valence-electron chi connectivity index (χ3n) is 12.1. The van der Waals surface area contributed by atoms with Crippen LogP contribution in [0.3, 0.4) is 0 Å². The van der Waals surface area contributed by atoms with Crippen LogP contribution in [0.5, 0.6) is 11.5 Å². The van der Waals surface area contributed by atoms with Gasteiger partial charge in [0.1, 0.15) is 28.9 Å². The zero-order valence-electron chi connectivity index (χ0n) is 34.4. The van der Waals surface area contributed by atoms with E-state index in [1.807, 2.05) is 6.07 Å². The Morgan fingerprint density at radius 1 is 1.00 bits per heavy atom. The molecular weight excluding hydrogens is 722 g/mol. The van der Waals surface area contributed by atoms with Crippen molar-refractivity contribution in [2.45, 2.75) is 140 Å². The van der Waals surface area contributed by atoms with Gasteiger partial charge in [0.05, 0.1) is 25.6 Å². The number of ketones is 1. The largest absolute Gasteiger partial charge is 0.477 e. The fraction of sp³-hybridized carbons (Fsp3) is 0.732. The average Bonchev–Trinajstić information content (AvgIpc) is 3.82. The van der Waals surface area contributed by atoms with Gasteiger partial charge in [-0.1, -0.05) is 6.07 Å². The lowest BCUT2D eigenvalue weighted by Gasteiger charge is -2.64. The number of Topliss-reactive ketones (excluding diaryl/α,β-unsaturated/α-hetero) is 1. The molecule has 3 aliphatic carbocycles. The molecule has 15 nitrogen and oxygen atoms in total. The second kappa shape index (κ2) is 15.3. The van der Waals surface area contributed by atoms with Gasteiger partial charge in [-0.15, -0.1) is 0 Å². The van der Waals surface area contributed by atoms with Crippen LogP contribution in [0, 0.1) is 5.92 Å². The number of quaternary nitrogens is 1. The minimum absolute atomic E-state index is 0.0298. The van der Waals surface area contributed by atoms with E-state index in [1.165, 1.54) is 17.7 Å². The molecule has 1 unspecified atom stereocenters. The van der Waals surface area contributed by atoms with E-state index in [4.69, 9.17) is 18.9 Å². The highest BCUT2D eigenvalue weighted by Crippen LogP contribution is 2.66. The Labute approximate surface area is 330 Å². The number of hydrogen-bond acceptors (Lipinski definition) is 10. The summed E-state index contributed by atoms with van der Waals surface area (Å²) < 4.78 is 23.8. The highest BCUT2D eigenvalue weighted by molar-refractivity contribution is 5.90. The first kappa shape index (κ1) is 41.5. The summed E-state index contributed by atoms with van der Waals surface area (Å²) in [5.74, 6) is 0.767. The second-order valence-corrected chi connectivity index (χ2v) is 18.8. The van der Waals surface area contributed by atoms with Crippen LogP contribution in [0.2, 0.25) is 0 Å². The van der Waals surface area contributed by atoms with E-state index >= 15 is 0 Å². The van der Waals surface area contributed by atoms with Crippen molar-refractivity contribution in [1.82, 2.24) is 20.9 Å². The molecule has 56 heavy (non-hydrogen) atoms. The lowest BCUT2D eigenvalue weighted by Crippen LogP contribution is -2.80. The average molecular weight is 785 g/mol. The number of carbonyl (C=O) groups is 5. The van der Waals surface area contributed by atoms with Gasteiger partial charge in [-0.25, -0.2) is 14.4 Å². The lowest BCUT2D eigenvalue weighted by atomic mass is 9.48. The molecule has 0 aromatic heterocycles.